The minimum absolute atomic E-state index is 0.219. The van der Waals surface area contributed by atoms with Crippen LogP contribution in [0.4, 0.5) is 0 Å². The van der Waals surface area contributed by atoms with Gasteiger partial charge in [0.25, 0.3) is 5.91 Å². The lowest BCUT2D eigenvalue weighted by Crippen LogP contribution is -2.50. The molecule has 1 atom stereocenters. The Morgan fingerprint density at radius 1 is 1.38 bits per heavy atom. The van der Waals surface area contributed by atoms with Gasteiger partial charge in [-0.2, -0.15) is 11.8 Å². The normalized spacial score (nSPS) is 16.9. The Bertz CT molecular complexity index is 750. The Morgan fingerprint density at radius 3 is 2.65 bits per heavy atom. The van der Waals surface area contributed by atoms with Gasteiger partial charge >= 0.3 is 0 Å². The van der Waals surface area contributed by atoms with Gasteiger partial charge in [0, 0.05) is 0 Å². The lowest BCUT2D eigenvalue weighted by Gasteiger charge is -2.27. The summed E-state index contributed by atoms with van der Waals surface area (Å²) in [5, 5.41) is 11.5. The number of carboxylic acid groups (broad SMARTS) is 1. The molecule has 1 aromatic rings. The summed E-state index contributed by atoms with van der Waals surface area (Å²) in [5.41, 5.74) is 0.720. The highest BCUT2D eigenvalue weighted by molar-refractivity contribution is 8.26. The van der Waals surface area contributed by atoms with Crippen molar-refractivity contribution < 1.29 is 24.2 Å². The monoisotopic (exact) mass is 412 g/mol. The van der Waals surface area contributed by atoms with Crippen molar-refractivity contribution in [2.24, 2.45) is 0 Å². The zero-order chi connectivity index (χ0) is 19.3. The zero-order valence-corrected chi connectivity index (χ0v) is 17.0. The van der Waals surface area contributed by atoms with Crippen LogP contribution in [0.15, 0.2) is 23.1 Å². The number of carbonyl (C=O) groups excluding carboxylic acids is 2. The van der Waals surface area contributed by atoms with Crippen molar-refractivity contribution in [2.75, 3.05) is 26.2 Å². The summed E-state index contributed by atoms with van der Waals surface area (Å²) < 4.78 is 10.7. The number of aliphatic carboxylic acids is 1. The molecule has 0 unspecified atom stereocenters. The molecule has 0 N–H and O–H groups in total. The van der Waals surface area contributed by atoms with Crippen LogP contribution in [-0.4, -0.2) is 53.4 Å². The van der Waals surface area contributed by atoms with Crippen LogP contribution < -0.4 is 14.6 Å². The Balaban J connectivity index is 2.29. The fourth-order valence-electron chi connectivity index (χ4n) is 2.42. The minimum atomic E-state index is -1.30. The predicted molar refractivity (Wildman–Crippen MR) is 106 cm³/mol. The summed E-state index contributed by atoms with van der Waals surface area (Å²) in [5.74, 6) is -0.0341. The molecule has 0 spiro atoms. The second-order valence-electron chi connectivity index (χ2n) is 5.28. The van der Waals surface area contributed by atoms with Crippen LogP contribution in [0.3, 0.4) is 0 Å². The fraction of sp³-hybridized carbons (Fsp3) is 0.353. The van der Waals surface area contributed by atoms with Gasteiger partial charge in [0.2, 0.25) is 0 Å². The predicted octanol–water partition coefficient (Wildman–Crippen LogP) is 1.78. The number of thioether (sulfide) groups is 2. The molecule has 0 aromatic heterocycles. The average Bonchev–Trinajstić information content (AvgIpc) is 2.89. The van der Waals surface area contributed by atoms with E-state index in [1.807, 2.05) is 6.26 Å². The van der Waals surface area contributed by atoms with Gasteiger partial charge in [0.1, 0.15) is 4.32 Å². The van der Waals surface area contributed by atoms with Gasteiger partial charge in [-0.1, -0.05) is 30.0 Å². The maximum absolute atomic E-state index is 12.7. The highest BCUT2D eigenvalue weighted by Gasteiger charge is 2.37. The highest BCUT2D eigenvalue weighted by atomic mass is 32.2. The quantitative estimate of drug-likeness (QED) is 0.472. The number of hydrogen-bond donors (Lipinski definition) is 0. The smallest absolute Gasteiger partial charge is 0.266 e. The van der Waals surface area contributed by atoms with Crippen LogP contribution >= 0.6 is 35.7 Å². The lowest BCUT2D eigenvalue weighted by atomic mass is 10.1. The van der Waals surface area contributed by atoms with E-state index in [4.69, 9.17) is 21.7 Å². The number of ether oxygens (including phenoxy) is 2. The minimum Gasteiger partial charge on any atom is -0.548 e. The molecule has 6 nitrogen and oxygen atoms in total. The first-order valence-electron chi connectivity index (χ1n) is 7.61. The van der Waals surface area contributed by atoms with E-state index in [2.05, 4.69) is 0 Å². The number of amides is 1. The van der Waals surface area contributed by atoms with Crippen LogP contribution in [0.2, 0.25) is 0 Å². The second kappa shape index (κ2) is 9.29. The standard InChI is InChI=1S/C17H19NO5S3/c1-22-12-5-4-10(8-13(12)23-2)9-14-15(19)18(17(24)26-14)11(16(20)21)6-7-25-3/h4-5,8-9,11H,6-7H2,1-3H3,(H,20,21)/p-1/b14-9+/t11-/m1/s1. The van der Waals surface area contributed by atoms with Gasteiger partial charge in [0.15, 0.2) is 11.5 Å². The number of hydrogen-bond acceptors (Lipinski definition) is 8. The number of benzene rings is 1. The number of methoxy groups -OCH3 is 2. The summed E-state index contributed by atoms with van der Waals surface area (Å²) in [6.07, 6.45) is 3.80. The second-order valence-corrected chi connectivity index (χ2v) is 7.94. The molecule has 26 heavy (non-hydrogen) atoms. The van der Waals surface area contributed by atoms with Gasteiger partial charge < -0.3 is 19.4 Å². The molecule has 2 rings (SSSR count). The molecule has 1 aromatic carbocycles. The first kappa shape index (κ1) is 20.6. The molecule has 1 amide bonds. The number of carboxylic acids is 1. The van der Waals surface area contributed by atoms with Crippen molar-refractivity contribution in [1.29, 1.82) is 0 Å². The lowest BCUT2D eigenvalue weighted by molar-refractivity contribution is -0.310. The number of thiocarbonyl (C=S) groups is 1. The molecule has 1 fully saturated rings. The van der Waals surface area contributed by atoms with Gasteiger partial charge in [-0.05, 0) is 42.2 Å². The summed E-state index contributed by atoms with van der Waals surface area (Å²) >= 11 is 7.81. The van der Waals surface area contributed by atoms with Crippen LogP contribution in [0, 0.1) is 0 Å². The summed E-state index contributed by atoms with van der Waals surface area (Å²) in [6.45, 7) is 0. The molecular weight excluding hydrogens is 394 g/mol. The number of carbonyl (C=O) groups is 2. The van der Waals surface area contributed by atoms with E-state index in [9.17, 15) is 14.7 Å². The zero-order valence-electron chi connectivity index (χ0n) is 14.5. The van der Waals surface area contributed by atoms with Gasteiger partial charge in [-0.15, -0.1) is 0 Å². The van der Waals surface area contributed by atoms with Crippen molar-refractivity contribution >= 4 is 58.0 Å². The number of nitrogens with zero attached hydrogens (tertiary/aromatic N) is 1. The molecule has 0 bridgehead atoms. The fourth-order valence-corrected chi connectivity index (χ4v) is 4.24. The van der Waals surface area contributed by atoms with Crippen molar-refractivity contribution in [2.45, 2.75) is 12.5 Å². The maximum Gasteiger partial charge on any atom is 0.266 e. The summed E-state index contributed by atoms with van der Waals surface area (Å²) in [7, 11) is 3.06. The van der Waals surface area contributed by atoms with Crippen molar-refractivity contribution in [3.8, 4) is 11.5 Å². The largest absolute Gasteiger partial charge is 0.548 e. The summed E-state index contributed by atoms with van der Waals surface area (Å²) in [4.78, 5) is 25.7. The van der Waals surface area contributed by atoms with Gasteiger partial charge in [-0.25, -0.2) is 0 Å². The molecule has 9 heteroatoms. The summed E-state index contributed by atoms with van der Waals surface area (Å²) in [6, 6.07) is 4.17. The van der Waals surface area contributed by atoms with E-state index < -0.39 is 17.9 Å². The molecule has 1 heterocycles. The number of rotatable bonds is 8. The van der Waals surface area contributed by atoms with Crippen molar-refractivity contribution in [3.05, 3.63) is 28.7 Å². The molecule has 1 aliphatic rings. The molecule has 0 aliphatic carbocycles. The molecule has 1 aliphatic heterocycles. The molecular formula is C17H18NO5S3-. The first-order chi connectivity index (χ1) is 12.4. The van der Waals surface area contributed by atoms with E-state index in [1.54, 1.807) is 24.3 Å². The van der Waals surface area contributed by atoms with E-state index in [1.165, 1.54) is 26.0 Å². The van der Waals surface area contributed by atoms with E-state index in [0.29, 0.717) is 22.2 Å². The third kappa shape index (κ3) is 4.52. The highest BCUT2D eigenvalue weighted by Crippen LogP contribution is 2.36. The average molecular weight is 413 g/mol. The van der Waals surface area contributed by atoms with Crippen LogP contribution in [0.25, 0.3) is 6.08 Å². The SMILES string of the molecule is COc1ccc(/C=C2/SC(=S)N([C@H](CCSC)C(=O)[O-])C2=O)cc1OC. The van der Waals surface area contributed by atoms with Crippen molar-refractivity contribution in [1.82, 2.24) is 4.90 Å². The first-order valence-corrected chi connectivity index (χ1v) is 10.2. The van der Waals surface area contributed by atoms with Crippen molar-refractivity contribution in [3.63, 3.8) is 0 Å². The maximum atomic E-state index is 12.7. The third-order valence-corrected chi connectivity index (χ3v) is 5.68. The van der Waals surface area contributed by atoms with E-state index >= 15 is 0 Å². The van der Waals surface area contributed by atoms with E-state index in [-0.39, 0.29) is 10.7 Å². The molecule has 140 valence electrons. The Kier molecular flexibility index (Phi) is 7.36. The molecule has 0 saturated carbocycles. The molecule has 0 radical (unpaired) electrons. The third-order valence-electron chi connectivity index (χ3n) is 3.71. The Morgan fingerprint density at radius 2 is 2.08 bits per heavy atom. The Hall–Kier alpha value is -1.71. The van der Waals surface area contributed by atoms with Gasteiger partial charge in [0.05, 0.1) is 31.1 Å². The molecule has 1 saturated heterocycles. The van der Waals surface area contributed by atoms with Gasteiger partial charge in [-0.3, -0.25) is 9.69 Å². The van der Waals surface area contributed by atoms with E-state index in [0.717, 1.165) is 22.2 Å². The van der Waals surface area contributed by atoms with Crippen LogP contribution in [0.5, 0.6) is 11.5 Å². The Labute approximate surface area is 165 Å². The topological polar surface area (TPSA) is 78.9 Å². The van der Waals surface area contributed by atoms with Crippen LogP contribution in [-0.2, 0) is 9.59 Å². The van der Waals surface area contributed by atoms with Crippen LogP contribution in [0.1, 0.15) is 12.0 Å².